The lowest BCUT2D eigenvalue weighted by atomic mass is 9.98. The molecule has 2 amide bonds. The van der Waals surface area contributed by atoms with Crippen molar-refractivity contribution in [1.82, 2.24) is 15.6 Å². The number of nitrogens with zero attached hydrogens (tertiary/aromatic N) is 2. The van der Waals surface area contributed by atoms with E-state index in [0.29, 0.717) is 12.8 Å². The number of ether oxygens (including phenoxy) is 1. The van der Waals surface area contributed by atoms with Crippen molar-refractivity contribution in [3.05, 3.63) is 65.4 Å². The Kier molecular flexibility index (Phi) is 5.04. The number of fused-ring (bicyclic) bond motifs is 3. The molecule has 33 heavy (non-hydrogen) atoms. The number of hydrogen-bond acceptors (Lipinski definition) is 7. The molecule has 1 saturated carbocycles. The fourth-order valence-corrected chi connectivity index (χ4v) is 4.24. The first kappa shape index (κ1) is 20.7. The van der Waals surface area contributed by atoms with E-state index in [2.05, 4.69) is 25.6 Å². The Morgan fingerprint density at radius 1 is 1.03 bits per heavy atom. The van der Waals surface area contributed by atoms with Gasteiger partial charge in [-0.25, -0.2) is 9.42 Å². The normalized spacial score (nSPS) is 15.3. The summed E-state index contributed by atoms with van der Waals surface area (Å²) < 4.78 is 10.1. The Balaban J connectivity index is 1.24. The summed E-state index contributed by atoms with van der Waals surface area (Å²) in [6.07, 6.45) is 0.0871. The SMILES string of the molecule is O=C(O)CC1(NC(=O)c2nonc2NC(=O)OCC2c3ccccc3-c3ccccc32)CC1. The van der Waals surface area contributed by atoms with Gasteiger partial charge in [-0.2, -0.15) is 0 Å². The third-order valence-corrected chi connectivity index (χ3v) is 5.99. The van der Waals surface area contributed by atoms with Crippen molar-refractivity contribution >= 4 is 23.8 Å². The maximum Gasteiger partial charge on any atom is 0.412 e. The lowest BCUT2D eigenvalue weighted by Crippen LogP contribution is -2.39. The molecular weight excluding hydrogens is 428 g/mol. The summed E-state index contributed by atoms with van der Waals surface area (Å²) in [6.45, 7) is 0.0917. The smallest absolute Gasteiger partial charge is 0.412 e. The van der Waals surface area contributed by atoms with Gasteiger partial charge in [-0.3, -0.25) is 14.9 Å². The van der Waals surface area contributed by atoms with Gasteiger partial charge in [0.15, 0.2) is 0 Å². The Labute approximate surface area is 187 Å². The fourth-order valence-electron chi connectivity index (χ4n) is 4.24. The van der Waals surface area contributed by atoms with Crippen LogP contribution in [0.1, 0.15) is 46.8 Å². The van der Waals surface area contributed by atoms with Crippen molar-refractivity contribution in [3.8, 4) is 11.1 Å². The zero-order valence-electron chi connectivity index (χ0n) is 17.4. The van der Waals surface area contributed by atoms with E-state index in [1.807, 2.05) is 48.5 Å². The highest BCUT2D eigenvalue weighted by atomic mass is 16.6. The number of aromatic nitrogens is 2. The van der Waals surface area contributed by atoms with Crippen molar-refractivity contribution in [2.24, 2.45) is 0 Å². The highest BCUT2D eigenvalue weighted by Crippen LogP contribution is 2.44. The molecule has 168 valence electrons. The number of carboxylic acid groups (broad SMARTS) is 1. The van der Waals surface area contributed by atoms with Crippen LogP contribution in [0.25, 0.3) is 11.1 Å². The highest BCUT2D eigenvalue weighted by molar-refractivity contribution is 6.00. The van der Waals surface area contributed by atoms with E-state index < -0.39 is 23.5 Å². The molecule has 10 heteroatoms. The molecule has 2 aliphatic carbocycles. The quantitative estimate of drug-likeness (QED) is 0.500. The van der Waals surface area contributed by atoms with Gasteiger partial charge in [0.2, 0.25) is 11.5 Å². The van der Waals surface area contributed by atoms with E-state index in [4.69, 9.17) is 9.84 Å². The number of rotatable bonds is 7. The predicted octanol–water partition coefficient (Wildman–Crippen LogP) is 3.17. The molecule has 1 heterocycles. The van der Waals surface area contributed by atoms with Crippen LogP contribution in [0.4, 0.5) is 10.6 Å². The average molecular weight is 448 g/mol. The minimum atomic E-state index is -1.01. The second-order valence-corrected chi connectivity index (χ2v) is 8.22. The zero-order chi connectivity index (χ0) is 23.0. The summed E-state index contributed by atoms with van der Waals surface area (Å²) in [6, 6.07) is 15.9. The molecule has 1 aromatic heterocycles. The summed E-state index contributed by atoms with van der Waals surface area (Å²) in [5.74, 6) is -2.00. The Morgan fingerprint density at radius 3 is 2.27 bits per heavy atom. The van der Waals surface area contributed by atoms with Crippen LogP contribution in [0.15, 0.2) is 53.2 Å². The Bertz CT molecular complexity index is 1200. The molecule has 1 fully saturated rings. The summed E-state index contributed by atoms with van der Waals surface area (Å²) >= 11 is 0. The molecule has 0 bridgehead atoms. The van der Waals surface area contributed by atoms with Crippen LogP contribution in [0.3, 0.4) is 0 Å². The van der Waals surface area contributed by atoms with Crippen LogP contribution < -0.4 is 10.6 Å². The summed E-state index contributed by atoms with van der Waals surface area (Å²) in [7, 11) is 0. The predicted molar refractivity (Wildman–Crippen MR) is 115 cm³/mol. The lowest BCUT2D eigenvalue weighted by molar-refractivity contribution is -0.137. The van der Waals surface area contributed by atoms with Crippen molar-refractivity contribution in [1.29, 1.82) is 0 Å². The Hall–Kier alpha value is -4.21. The molecule has 0 aliphatic heterocycles. The number of carboxylic acids is 1. The summed E-state index contributed by atoms with van der Waals surface area (Å²) in [5, 5.41) is 21.1. The van der Waals surface area contributed by atoms with Gasteiger partial charge >= 0.3 is 12.1 Å². The summed E-state index contributed by atoms with van der Waals surface area (Å²) in [5.41, 5.74) is 3.31. The van der Waals surface area contributed by atoms with Gasteiger partial charge in [-0.1, -0.05) is 48.5 Å². The molecule has 0 saturated heterocycles. The third kappa shape index (κ3) is 4.02. The average Bonchev–Trinajstić information content (AvgIpc) is 3.24. The van der Waals surface area contributed by atoms with Crippen LogP contribution in [0, 0.1) is 0 Å². The number of benzene rings is 2. The number of hydrogen-bond donors (Lipinski definition) is 3. The molecular formula is C23H20N4O6. The topological polar surface area (TPSA) is 144 Å². The van der Waals surface area contributed by atoms with E-state index >= 15 is 0 Å². The van der Waals surface area contributed by atoms with Crippen LogP contribution in [0.2, 0.25) is 0 Å². The van der Waals surface area contributed by atoms with E-state index in [1.54, 1.807) is 0 Å². The number of carbonyl (C=O) groups excluding carboxylic acids is 2. The van der Waals surface area contributed by atoms with Gasteiger partial charge in [0.25, 0.3) is 5.91 Å². The van der Waals surface area contributed by atoms with Gasteiger partial charge in [0, 0.05) is 5.92 Å². The second-order valence-electron chi connectivity index (χ2n) is 8.22. The van der Waals surface area contributed by atoms with Gasteiger partial charge in [0.05, 0.1) is 12.0 Å². The molecule has 3 aromatic rings. The Morgan fingerprint density at radius 2 is 1.67 bits per heavy atom. The van der Waals surface area contributed by atoms with Crippen molar-refractivity contribution in [2.45, 2.75) is 30.7 Å². The maximum absolute atomic E-state index is 12.5. The molecule has 2 aliphatic rings. The van der Waals surface area contributed by atoms with Crippen molar-refractivity contribution in [2.75, 3.05) is 11.9 Å². The monoisotopic (exact) mass is 448 g/mol. The van der Waals surface area contributed by atoms with Gasteiger partial charge < -0.3 is 15.2 Å². The zero-order valence-corrected chi connectivity index (χ0v) is 17.4. The first-order valence-corrected chi connectivity index (χ1v) is 10.4. The van der Waals surface area contributed by atoms with Gasteiger partial charge in [-0.15, -0.1) is 0 Å². The standard InChI is InChI=1S/C23H20N4O6/c28-18(29)11-23(9-10-23)25-21(30)19-20(27-33-26-19)24-22(31)32-12-17-15-7-3-1-5-13(15)14-6-2-4-8-16(14)17/h1-8,17H,9-12H2,(H,25,30)(H,28,29)(H,24,27,31). The maximum atomic E-state index is 12.5. The van der Waals surface area contributed by atoms with E-state index in [1.165, 1.54) is 0 Å². The molecule has 2 aromatic carbocycles. The van der Waals surface area contributed by atoms with Gasteiger partial charge in [-0.05, 0) is 45.4 Å². The summed E-state index contributed by atoms with van der Waals surface area (Å²) in [4.78, 5) is 36.0. The minimum Gasteiger partial charge on any atom is -0.481 e. The van der Waals surface area contributed by atoms with E-state index in [0.717, 1.165) is 22.3 Å². The van der Waals surface area contributed by atoms with Crippen LogP contribution >= 0.6 is 0 Å². The number of amides is 2. The highest BCUT2D eigenvalue weighted by Gasteiger charge is 2.46. The largest absolute Gasteiger partial charge is 0.481 e. The van der Waals surface area contributed by atoms with Gasteiger partial charge in [0.1, 0.15) is 6.61 Å². The van der Waals surface area contributed by atoms with Crippen LogP contribution in [0.5, 0.6) is 0 Å². The second kappa shape index (κ2) is 8.05. The molecule has 5 rings (SSSR count). The van der Waals surface area contributed by atoms with Crippen LogP contribution in [-0.2, 0) is 9.53 Å². The van der Waals surface area contributed by atoms with Crippen molar-refractivity contribution < 1.29 is 28.9 Å². The third-order valence-electron chi connectivity index (χ3n) is 5.99. The first-order chi connectivity index (χ1) is 16.0. The first-order valence-electron chi connectivity index (χ1n) is 10.4. The van der Waals surface area contributed by atoms with Crippen LogP contribution in [-0.4, -0.2) is 45.5 Å². The fraction of sp³-hybridized carbons (Fsp3) is 0.261. The van der Waals surface area contributed by atoms with E-state index in [9.17, 15) is 14.4 Å². The molecule has 0 spiro atoms. The number of aliphatic carboxylic acids is 1. The molecule has 0 atom stereocenters. The number of carbonyl (C=O) groups is 3. The minimum absolute atomic E-state index is 0.0917. The van der Waals surface area contributed by atoms with Crippen molar-refractivity contribution in [3.63, 3.8) is 0 Å². The number of nitrogens with one attached hydrogen (secondary N) is 2. The molecule has 0 unspecified atom stereocenters. The number of anilines is 1. The molecule has 10 nitrogen and oxygen atoms in total. The molecule has 0 radical (unpaired) electrons. The lowest BCUT2D eigenvalue weighted by Gasteiger charge is -2.15. The van der Waals surface area contributed by atoms with E-state index in [-0.39, 0.29) is 30.5 Å². The molecule has 3 N–H and O–H groups in total.